The van der Waals surface area contributed by atoms with Crippen LogP contribution >= 0.6 is 11.6 Å². The van der Waals surface area contributed by atoms with Crippen LogP contribution in [0.2, 0.25) is 5.02 Å². The van der Waals surface area contributed by atoms with Gasteiger partial charge >= 0.3 is 0 Å². The fourth-order valence-electron chi connectivity index (χ4n) is 3.02. The van der Waals surface area contributed by atoms with E-state index in [1.54, 1.807) is 25.1 Å². The van der Waals surface area contributed by atoms with Crippen molar-refractivity contribution in [2.24, 2.45) is 0 Å². The molecule has 0 saturated carbocycles. The van der Waals surface area contributed by atoms with Crippen molar-refractivity contribution in [3.8, 4) is 0 Å². The first-order valence-electron chi connectivity index (χ1n) is 9.68. The molecule has 0 aliphatic carbocycles. The van der Waals surface area contributed by atoms with E-state index in [1.165, 1.54) is 18.2 Å². The first-order valence-corrected chi connectivity index (χ1v) is 11.5. The van der Waals surface area contributed by atoms with Gasteiger partial charge < -0.3 is 5.32 Å². The van der Waals surface area contributed by atoms with Gasteiger partial charge in [0.2, 0.25) is 10.0 Å². The largest absolute Gasteiger partial charge is 0.319 e. The molecule has 0 fully saturated rings. The SMILES string of the molecule is C[C@@H](CCc1ccccc1)NS(=O)(=O)c1ccc(NC(=O)c2ccccc2Cl)c(F)c1. The minimum Gasteiger partial charge on any atom is -0.319 e. The van der Waals surface area contributed by atoms with Crippen LogP contribution in [0, 0.1) is 5.82 Å². The Balaban J connectivity index is 1.66. The summed E-state index contributed by atoms with van der Waals surface area (Å²) in [6, 6.07) is 19.1. The highest BCUT2D eigenvalue weighted by atomic mass is 35.5. The first-order chi connectivity index (χ1) is 14.8. The molecule has 0 unspecified atom stereocenters. The minimum atomic E-state index is -3.91. The number of nitrogens with one attached hydrogen (secondary N) is 2. The molecule has 0 heterocycles. The molecule has 8 heteroatoms. The number of amides is 1. The van der Waals surface area contributed by atoms with E-state index < -0.39 is 21.7 Å². The van der Waals surface area contributed by atoms with Crippen molar-refractivity contribution in [2.45, 2.75) is 30.7 Å². The van der Waals surface area contributed by atoms with Gasteiger partial charge in [0, 0.05) is 6.04 Å². The monoisotopic (exact) mass is 460 g/mol. The van der Waals surface area contributed by atoms with Crippen molar-refractivity contribution in [1.29, 1.82) is 0 Å². The molecular formula is C23H22ClFN2O3S. The molecule has 0 radical (unpaired) electrons. The standard InChI is InChI=1S/C23H22ClFN2O3S/c1-16(11-12-17-7-3-2-4-8-17)27-31(29,30)18-13-14-22(21(25)15-18)26-23(28)19-9-5-6-10-20(19)24/h2-10,13-16,27H,11-12H2,1H3,(H,26,28)/t16-/m0/s1. The quantitative estimate of drug-likeness (QED) is 0.495. The number of aryl methyl sites for hydroxylation is 1. The molecule has 0 aliphatic rings. The van der Waals surface area contributed by atoms with Crippen LogP contribution in [0.5, 0.6) is 0 Å². The highest BCUT2D eigenvalue weighted by Gasteiger charge is 2.20. The second-order valence-corrected chi connectivity index (χ2v) is 9.24. The summed E-state index contributed by atoms with van der Waals surface area (Å²) in [7, 11) is -3.91. The molecule has 0 aliphatic heterocycles. The van der Waals surface area contributed by atoms with Gasteiger partial charge in [-0.1, -0.05) is 54.1 Å². The van der Waals surface area contributed by atoms with Gasteiger partial charge in [-0.3, -0.25) is 4.79 Å². The molecule has 0 saturated heterocycles. The van der Waals surface area contributed by atoms with Crippen LogP contribution in [0.25, 0.3) is 0 Å². The number of sulfonamides is 1. The third-order valence-electron chi connectivity index (χ3n) is 4.68. The molecule has 3 aromatic carbocycles. The molecule has 162 valence electrons. The van der Waals surface area contributed by atoms with E-state index >= 15 is 0 Å². The summed E-state index contributed by atoms with van der Waals surface area (Å²) in [5, 5.41) is 2.64. The van der Waals surface area contributed by atoms with Crippen molar-refractivity contribution in [3.05, 3.63) is 94.8 Å². The number of halogens is 2. The Kier molecular flexibility index (Phi) is 7.43. The Morgan fingerprint density at radius 1 is 1.03 bits per heavy atom. The number of rotatable bonds is 8. The lowest BCUT2D eigenvalue weighted by Gasteiger charge is -2.15. The van der Waals surface area contributed by atoms with Gasteiger partial charge in [0.1, 0.15) is 5.82 Å². The van der Waals surface area contributed by atoms with Crippen LogP contribution in [-0.4, -0.2) is 20.4 Å². The average Bonchev–Trinajstić information content (AvgIpc) is 2.74. The lowest BCUT2D eigenvalue weighted by atomic mass is 10.1. The Morgan fingerprint density at radius 3 is 2.39 bits per heavy atom. The number of carbonyl (C=O) groups is 1. The van der Waals surface area contributed by atoms with Gasteiger partial charge in [0.05, 0.1) is 21.2 Å². The number of benzene rings is 3. The van der Waals surface area contributed by atoms with Gasteiger partial charge in [0.25, 0.3) is 5.91 Å². The van der Waals surface area contributed by atoms with E-state index in [9.17, 15) is 17.6 Å². The van der Waals surface area contributed by atoms with Gasteiger partial charge in [-0.15, -0.1) is 0 Å². The fourth-order valence-corrected chi connectivity index (χ4v) is 4.53. The van der Waals surface area contributed by atoms with Crippen molar-refractivity contribution in [3.63, 3.8) is 0 Å². The van der Waals surface area contributed by atoms with E-state index in [0.29, 0.717) is 12.8 Å². The van der Waals surface area contributed by atoms with Crippen LogP contribution < -0.4 is 10.0 Å². The van der Waals surface area contributed by atoms with Crippen LogP contribution in [0.4, 0.5) is 10.1 Å². The zero-order valence-corrected chi connectivity index (χ0v) is 18.4. The average molecular weight is 461 g/mol. The number of hydrogen-bond donors (Lipinski definition) is 2. The van der Waals surface area contributed by atoms with E-state index in [-0.39, 0.29) is 27.2 Å². The second kappa shape index (κ2) is 10.0. The molecule has 0 bridgehead atoms. The summed E-state index contributed by atoms with van der Waals surface area (Å²) in [4.78, 5) is 12.1. The zero-order valence-electron chi connectivity index (χ0n) is 16.8. The van der Waals surface area contributed by atoms with Crippen molar-refractivity contribution in [2.75, 3.05) is 5.32 Å². The maximum absolute atomic E-state index is 14.5. The normalized spacial score (nSPS) is 12.4. The number of anilines is 1. The predicted molar refractivity (Wildman–Crippen MR) is 120 cm³/mol. The second-order valence-electron chi connectivity index (χ2n) is 7.12. The lowest BCUT2D eigenvalue weighted by Crippen LogP contribution is -2.33. The zero-order chi connectivity index (χ0) is 22.4. The van der Waals surface area contributed by atoms with E-state index in [2.05, 4.69) is 10.0 Å². The maximum atomic E-state index is 14.5. The summed E-state index contributed by atoms with van der Waals surface area (Å²) in [5.41, 5.74) is 1.16. The Labute approximate surface area is 186 Å². The maximum Gasteiger partial charge on any atom is 0.257 e. The molecule has 2 N–H and O–H groups in total. The highest BCUT2D eigenvalue weighted by Crippen LogP contribution is 2.22. The van der Waals surface area contributed by atoms with Crippen LogP contribution in [0.15, 0.2) is 77.7 Å². The number of carbonyl (C=O) groups excluding carboxylic acids is 1. The van der Waals surface area contributed by atoms with E-state index in [0.717, 1.165) is 11.6 Å². The Bertz CT molecular complexity index is 1170. The Morgan fingerprint density at radius 2 is 1.71 bits per heavy atom. The van der Waals surface area contributed by atoms with Gasteiger partial charge in [-0.2, -0.15) is 0 Å². The topological polar surface area (TPSA) is 75.3 Å². The Hall–Kier alpha value is -2.74. The predicted octanol–water partition coefficient (Wildman–Crippen LogP) is 5.03. The van der Waals surface area contributed by atoms with Crippen LogP contribution in [-0.2, 0) is 16.4 Å². The van der Waals surface area contributed by atoms with Gasteiger partial charge in [-0.25, -0.2) is 17.5 Å². The molecule has 0 spiro atoms. The van der Waals surface area contributed by atoms with E-state index in [1.807, 2.05) is 30.3 Å². The molecule has 1 amide bonds. The van der Waals surface area contributed by atoms with E-state index in [4.69, 9.17) is 11.6 Å². The molecule has 31 heavy (non-hydrogen) atoms. The molecule has 0 aromatic heterocycles. The van der Waals surface area contributed by atoms with Crippen molar-refractivity contribution < 1.29 is 17.6 Å². The smallest absolute Gasteiger partial charge is 0.257 e. The van der Waals surface area contributed by atoms with Crippen LogP contribution in [0.1, 0.15) is 29.3 Å². The molecule has 3 aromatic rings. The molecular weight excluding hydrogens is 439 g/mol. The van der Waals surface area contributed by atoms with Gasteiger partial charge in [-0.05, 0) is 55.7 Å². The van der Waals surface area contributed by atoms with Gasteiger partial charge in [0.15, 0.2) is 0 Å². The third kappa shape index (κ3) is 6.13. The summed E-state index contributed by atoms with van der Waals surface area (Å²) < 4.78 is 42.3. The molecule has 3 rings (SSSR count). The summed E-state index contributed by atoms with van der Waals surface area (Å²) in [6.07, 6.45) is 1.31. The minimum absolute atomic E-state index is 0.138. The molecule has 5 nitrogen and oxygen atoms in total. The van der Waals surface area contributed by atoms with Crippen molar-refractivity contribution in [1.82, 2.24) is 4.72 Å². The molecule has 1 atom stereocenters. The number of hydrogen-bond acceptors (Lipinski definition) is 3. The summed E-state index contributed by atoms with van der Waals surface area (Å²) >= 11 is 5.98. The highest BCUT2D eigenvalue weighted by molar-refractivity contribution is 7.89. The summed E-state index contributed by atoms with van der Waals surface area (Å²) in [5.74, 6) is -1.45. The lowest BCUT2D eigenvalue weighted by molar-refractivity contribution is 0.102. The fraction of sp³-hybridized carbons (Fsp3) is 0.174. The first kappa shape index (κ1) is 22.9. The summed E-state index contributed by atoms with van der Waals surface area (Å²) in [6.45, 7) is 1.76. The van der Waals surface area contributed by atoms with Crippen molar-refractivity contribution >= 4 is 33.2 Å². The third-order valence-corrected chi connectivity index (χ3v) is 6.60. The van der Waals surface area contributed by atoms with Crippen LogP contribution in [0.3, 0.4) is 0 Å².